The molecule has 3 aromatic carbocycles. The van der Waals surface area contributed by atoms with Crippen LogP contribution in [0.5, 0.6) is 17.2 Å². The van der Waals surface area contributed by atoms with Gasteiger partial charge in [-0.1, -0.05) is 35.9 Å². The molecule has 4 rings (SSSR count). The van der Waals surface area contributed by atoms with E-state index in [2.05, 4.69) is 5.32 Å². The molecule has 0 aromatic heterocycles. The predicted octanol–water partition coefficient (Wildman–Crippen LogP) is 4.81. The van der Waals surface area contributed by atoms with E-state index >= 15 is 0 Å². The monoisotopic (exact) mass is 458 g/mol. The Morgan fingerprint density at radius 1 is 0.824 bits per heavy atom. The van der Waals surface area contributed by atoms with E-state index in [4.69, 9.17) is 14.2 Å². The second kappa shape index (κ2) is 9.70. The van der Waals surface area contributed by atoms with Crippen molar-refractivity contribution in [1.82, 2.24) is 0 Å². The summed E-state index contributed by atoms with van der Waals surface area (Å²) < 4.78 is 16.5. The van der Waals surface area contributed by atoms with Crippen LogP contribution < -0.4 is 24.4 Å². The van der Waals surface area contributed by atoms with Crippen molar-refractivity contribution in [2.75, 3.05) is 31.0 Å². The predicted molar refractivity (Wildman–Crippen MR) is 131 cm³/mol. The fourth-order valence-electron chi connectivity index (χ4n) is 3.82. The molecule has 0 saturated carbocycles. The summed E-state index contributed by atoms with van der Waals surface area (Å²) >= 11 is 0. The van der Waals surface area contributed by atoms with Crippen molar-refractivity contribution in [3.63, 3.8) is 0 Å². The van der Waals surface area contributed by atoms with Crippen molar-refractivity contribution in [3.8, 4) is 17.2 Å². The summed E-state index contributed by atoms with van der Waals surface area (Å²) in [6.07, 6.45) is 0. The number of hydrogen-bond donors (Lipinski definition) is 1. The van der Waals surface area contributed by atoms with Gasteiger partial charge in [0, 0.05) is 0 Å². The minimum Gasteiger partial charge on any atom is -0.493 e. The summed E-state index contributed by atoms with van der Waals surface area (Å²) in [6.45, 7) is 4.29. The molecule has 0 aliphatic carbocycles. The molecule has 34 heavy (non-hydrogen) atoms. The van der Waals surface area contributed by atoms with E-state index in [1.165, 1.54) is 19.1 Å². The second-order valence-corrected chi connectivity index (χ2v) is 7.66. The molecule has 0 saturated heterocycles. The number of methoxy groups -OCH3 is 2. The number of imide groups is 1. The van der Waals surface area contributed by atoms with E-state index in [0.717, 1.165) is 5.56 Å². The smallest absolute Gasteiger partial charge is 0.282 e. The number of nitrogens with zero attached hydrogens (tertiary/aromatic N) is 1. The molecule has 3 aromatic rings. The van der Waals surface area contributed by atoms with Gasteiger partial charge in [-0.25, -0.2) is 4.90 Å². The largest absolute Gasteiger partial charge is 0.493 e. The minimum absolute atomic E-state index is 0.157. The van der Waals surface area contributed by atoms with Crippen LogP contribution in [0.3, 0.4) is 0 Å². The zero-order valence-corrected chi connectivity index (χ0v) is 19.5. The Kier molecular flexibility index (Phi) is 6.54. The summed E-state index contributed by atoms with van der Waals surface area (Å²) in [5.74, 6) is 0.673. The van der Waals surface area contributed by atoms with Gasteiger partial charge in [0.25, 0.3) is 11.8 Å². The quantitative estimate of drug-likeness (QED) is 0.489. The van der Waals surface area contributed by atoms with Crippen molar-refractivity contribution in [2.24, 2.45) is 0 Å². The summed E-state index contributed by atoms with van der Waals surface area (Å²) in [5.41, 5.74) is 3.03. The first-order valence-corrected chi connectivity index (χ1v) is 10.9. The molecule has 0 radical (unpaired) electrons. The van der Waals surface area contributed by atoms with Gasteiger partial charge < -0.3 is 19.5 Å². The van der Waals surface area contributed by atoms with Crippen LogP contribution in [0.4, 0.5) is 11.4 Å². The average Bonchev–Trinajstić information content (AvgIpc) is 3.09. The molecule has 0 bridgehead atoms. The standard InChI is InChI=1S/C27H26N2O5/c1-5-34-21-9-7-6-8-20(21)28-25-24(18-12-15-22(32-3)23(16-18)33-4)26(30)29(27(25)31)19-13-10-17(2)11-14-19/h6-16,28H,5H2,1-4H3. The Balaban J connectivity index is 1.86. The van der Waals surface area contributed by atoms with Crippen LogP contribution in [0, 0.1) is 6.92 Å². The molecule has 7 nitrogen and oxygen atoms in total. The molecule has 1 aliphatic rings. The summed E-state index contributed by atoms with van der Waals surface area (Å²) in [6, 6.07) is 19.7. The van der Waals surface area contributed by atoms with Crippen molar-refractivity contribution >= 4 is 28.8 Å². The van der Waals surface area contributed by atoms with Gasteiger partial charge in [0.15, 0.2) is 11.5 Å². The Morgan fingerprint density at radius 2 is 1.53 bits per heavy atom. The number of rotatable bonds is 8. The first kappa shape index (κ1) is 22.9. The first-order valence-electron chi connectivity index (χ1n) is 10.9. The molecule has 0 unspecified atom stereocenters. The van der Waals surface area contributed by atoms with Gasteiger partial charge in [-0.3, -0.25) is 9.59 Å². The molecule has 2 amide bonds. The maximum atomic E-state index is 13.7. The number of carbonyl (C=O) groups is 2. The van der Waals surface area contributed by atoms with Crippen molar-refractivity contribution in [1.29, 1.82) is 0 Å². The maximum Gasteiger partial charge on any atom is 0.282 e. The molecule has 174 valence electrons. The fraction of sp³-hybridized carbons (Fsp3) is 0.185. The van der Waals surface area contributed by atoms with Gasteiger partial charge in [-0.15, -0.1) is 0 Å². The average molecular weight is 459 g/mol. The summed E-state index contributed by atoms with van der Waals surface area (Å²) in [5, 5.41) is 3.17. The Hall–Kier alpha value is -4.26. The number of aryl methyl sites for hydroxylation is 1. The number of amides is 2. The molecule has 1 heterocycles. The van der Waals surface area contributed by atoms with Crippen LogP contribution in [0.2, 0.25) is 0 Å². The number of carbonyl (C=O) groups excluding carboxylic acids is 2. The van der Waals surface area contributed by atoms with Crippen LogP contribution >= 0.6 is 0 Å². The third-order valence-electron chi connectivity index (χ3n) is 5.49. The lowest BCUT2D eigenvalue weighted by Crippen LogP contribution is -2.32. The highest BCUT2D eigenvalue weighted by molar-refractivity contribution is 6.46. The van der Waals surface area contributed by atoms with Gasteiger partial charge in [0.2, 0.25) is 0 Å². The normalized spacial score (nSPS) is 13.4. The third-order valence-corrected chi connectivity index (χ3v) is 5.49. The number of nitrogens with one attached hydrogen (secondary N) is 1. The minimum atomic E-state index is -0.454. The lowest BCUT2D eigenvalue weighted by atomic mass is 10.0. The van der Waals surface area contributed by atoms with Crippen molar-refractivity contribution in [2.45, 2.75) is 13.8 Å². The van der Waals surface area contributed by atoms with E-state index in [0.29, 0.717) is 40.8 Å². The fourth-order valence-corrected chi connectivity index (χ4v) is 3.82. The highest BCUT2D eigenvalue weighted by Gasteiger charge is 2.40. The molecule has 0 spiro atoms. The number of benzene rings is 3. The van der Waals surface area contributed by atoms with Gasteiger partial charge in [-0.2, -0.15) is 0 Å². The highest BCUT2D eigenvalue weighted by atomic mass is 16.5. The van der Waals surface area contributed by atoms with Crippen molar-refractivity contribution in [3.05, 3.63) is 83.6 Å². The van der Waals surface area contributed by atoms with Gasteiger partial charge in [-0.05, 0) is 55.8 Å². The summed E-state index contributed by atoms with van der Waals surface area (Å²) in [7, 11) is 3.06. The van der Waals surface area contributed by atoms with E-state index in [-0.39, 0.29) is 11.3 Å². The topological polar surface area (TPSA) is 77.1 Å². The SMILES string of the molecule is CCOc1ccccc1NC1=C(c2ccc(OC)c(OC)c2)C(=O)N(c2ccc(C)cc2)C1=O. The Bertz CT molecular complexity index is 1260. The lowest BCUT2D eigenvalue weighted by Gasteiger charge is -2.16. The van der Waals surface area contributed by atoms with Crippen LogP contribution in [-0.4, -0.2) is 32.6 Å². The number of ether oxygens (including phenoxy) is 3. The van der Waals surface area contributed by atoms with Gasteiger partial charge in [0.1, 0.15) is 11.4 Å². The Labute approximate surface area is 198 Å². The van der Waals surface area contributed by atoms with Crippen LogP contribution in [0.1, 0.15) is 18.1 Å². The second-order valence-electron chi connectivity index (χ2n) is 7.66. The van der Waals surface area contributed by atoms with Crippen LogP contribution in [-0.2, 0) is 9.59 Å². The Morgan fingerprint density at radius 3 is 2.21 bits per heavy atom. The van der Waals surface area contributed by atoms with Crippen LogP contribution in [0.15, 0.2) is 72.4 Å². The number of anilines is 2. The molecule has 1 N–H and O–H groups in total. The van der Waals surface area contributed by atoms with Crippen LogP contribution in [0.25, 0.3) is 5.57 Å². The molecular formula is C27H26N2O5. The zero-order chi connectivity index (χ0) is 24.2. The molecular weight excluding hydrogens is 432 g/mol. The zero-order valence-electron chi connectivity index (χ0n) is 19.5. The maximum absolute atomic E-state index is 13.7. The third kappa shape index (κ3) is 4.20. The van der Waals surface area contributed by atoms with Gasteiger partial charge >= 0.3 is 0 Å². The molecule has 0 atom stereocenters. The van der Waals surface area contributed by atoms with Crippen molar-refractivity contribution < 1.29 is 23.8 Å². The molecule has 0 fully saturated rings. The summed E-state index contributed by atoms with van der Waals surface area (Å²) in [4.78, 5) is 28.5. The number of hydrogen-bond acceptors (Lipinski definition) is 6. The van der Waals surface area contributed by atoms with E-state index in [9.17, 15) is 9.59 Å². The van der Waals surface area contributed by atoms with Gasteiger partial charge in [0.05, 0.1) is 37.8 Å². The first-order chi connectivity index (χ1) is 16.5. The number of para-hydroxylation sites is 2. The van der Waals surface area contributed by atoms with E-state index in [1.807, 2.05) is 44.2 Å². The van der Waals surface area contributed by atoms with E-state index in [1.54, 1.807) is 36.4 Å². The van der Waals surface area contributed by atoms with E-state index < -0.39 is 11.8 Å². The molecule has 1 aliphatic heterocycles. The lowest BCUT2D eigenvalue weighted by molar-refractivity contribution is -0.120. The highest BCUT2D eigenvalue weighted by Crippen LogP contribution is 2.38. The molecule has 7 heteroatoms.